The van der Waals surface area contributed by atoms with Crippen LogP contribution in [0, 0.1) is 12.8 Å². The van der Waals surface area contributed by atoms with Crippen LogP contribution in [-0.4, -0.2) is 32.9 Å². The highest BCUT2D eigenvalue weighted by atomic mass is 32.2. The monoisotopic (exact) mass is 288 g/mol. The van der Waals surface area contributed by atoms with Gasteiger partial charge in [-0.1, -0.05) is 20.8 Å². The van der Waals surface area contributed by atoms with E-state index in [-0.39, 0.29) is 4.90 Å². The molecule has 0 saturated carbocycles. The molecular weight excluding hydrogens is 264 g/mol. The van der Waals surface area contributed by atoms with E-state index in [0.29, 0.717) is 37.1 Å². The Kier molecular flexibility index (Phi) is 5.58. The van der Waals surface area contributed by atoms with Crippen molar-refractivity contribution in [1.82, 2.24) is 9.62 Å². The molecule has 1 aromatic heterocycles. The van der Waals surface area contributed by atoms with Crippen LogP contribution in [0.4, 0.5) is 0 Å². The zero-order chi connectivity index (χ0) is 14.6. The van der Waals surface area contributed by atoms with Crippen molar-refractivity contribution in [2.45, 2.75) is 39.1 Å². The normalized spacial score (nSPS) is 12.6. The van der Waals surface area contributed by atoms with Gasteiger partial charge in [0, 0.05) is 19.2 Å². The van der Waals surface area contributed by atoms with Crippen molar-refractivity contribution in [2.75, 3.05) is 20.1 Å². The minimum atomic E-state index is -3.46. The summed E-state index contributed by atoms with van der Waals surface area (Å²) in [6, 6.07) is 1.62. The van der Waals surface area contributed by atoms with Gasteiger partial charge >= 0.3 is 0 Å². The third kappa shape index (κ3) is 3.81. The molecule has 19 heavy (non-hydrogen) atoms. The van der Waals surface area contributed by atoms with Crippen LogP contribution < -0.4 is 5.32 Å². The highest BCUT2D eigenvalue weighted by Crippen LogP contribution is 2.24. The summed E-state index contributed by atoms with van der Waals surface area (Å²) in [5.74, 6) is 1.38. The molecule has 0 fully saturated rings. The number of nitrogens with one attached hydrogen (secondary N) is 1. The molecule has 5 nitrogen and oxygen atoms in total. The molecule has 6 heteroatoms. The van der Waals surface area contributed by atoms with Crippen molar-refractivity contribution in [3.63, 3.8) is 0 Å². The van der Waals surface area contributed by atoms with Crippen molar-refractivity contribution in [3.05, 3.63) is 17.6 Å². The van der Waals surface area contributed by atoms with Crippen LogP contribution in [0.25, 0.3) is 0 Å². The Bertz CT molecular complexity index is 506. The van der Waals surface area contributed by atoms with Crippen LogP contribution in [0.1, 0.15) is 32.3 Å². The van der Waals surface area contributed by atoms with Crippen molar-refractivity contribution in [1.29, 1.82) is 0 Å². The second kappa shape index (κ2) is 6.54. The summed E-state index contributed by atoms with van der Waals surface area (Å²) >= 11 is 0. The van der Waals surface area contributed by atoms with Gasteiger partial charge < -0.3 is 9.73 Å². The van der Waals surface area contributed by atoms with Crippen molar-refractivity contribution in [2.24, 2.45) is 5.92 Å². The summed E-state index contributed by atoms with van der Waals surface area (Å²) in [4.78, 5) is 0.278. The highest BCUT2D eigenvalue weighted by Gasteiger charge is 2.28. The number of furan rings is 1. The topological polar surface area (TPSA) is 62.6 Å². The van der Waals surface area contributed by atoms with E-state index in [0.717, 1.165) is 0 Å². The van der Waals surface area contributed by atoms with Gasteiger partial charge in [0.25, 0.3) is 0 Å². The molecule has 1 aromatic rings. The molecule has 0 aliphatic rings. The Morgan fingerprint density at radius 1 is 1.42 bits per heavy atom. The molecule has 0 aliphatic heterocycles. The molecule has 0 aromatic carbocycles. The summed E-state index contributed by atoms with van der Waals surface area (Å²) in [6.07, 6.45) is 0. The second-order valence-corrected chi connectivity index (χ2v) is 6.92. The molecule has 0 bridgehead atoms. The second-order valence-electron chi connectivity index (χ2n) is 5.01. The molecule has 0 radical (unpaired) electrons. The average molecular weight is 288 g/mol. The van der Waals surface area contributed by atoms with E-state index in [1.165, 1.54) is 4.31 Å². The van der Waals surface area contributed by atoms with Gasteiger partial charge in [-0.2, -0.15) is 4.31 Å². The smallest absolute Gasteiger partial charge is 0.246 e. The summed E-state index contributed by atoms with van der Waals surface area (Å²) in [6.45, 7) is 9.06. The molecule has 110 valence electrons. The standard InChI is InChI=1S/C13H24N2O3S/c1-6-15(9-10(2)3)19(16,17)13-7-12(8-14-5)18-11(13)4/h7,10,14H,6,8-9H2,1-5H3. The Balaban J connectivity index is 3.10. The number of aryl methyl sites for hydroxylation is 1. The van der Waals surface area contributed by atoms with Crippen LogP contribution in [0.2, 0.25) is 0 Å². The van der Waals surface area contributed by atoms with Crippen LogP contribution in [0.15, 0.2) is 15.4 Å². The predicted octanol–water partition coefficient (Wildman–Crippen LogP) is 1.97. The third-order valence-corrected chi connectivity index (χ3v) is 4.86. The maximum Gasteiger partial charge on any atom is 0.246 e. The van der Waals surface area contributed by atoms with E-state index in [1.807, 2.05) is 20.8 Å². The molecule has 0 amide bonds. The van der Waals surface area contributed by atoms with Crippen LogP contribution in [-0.2, 0) is 16.6 Å². The summed E-state index contributed by atoms with van der Waals surface area (Å²) in [7, 11) is -1.67. The summed E-state index contributed by atoms with van der Waals surface area (Å²) < 4.78 is 32.1. The predicted molar refractivity (Wildman–Crippen MR) is 75.5 cm³/mol. The molecule has 0 spiro atoms. The van der Waals surface area contributed by atoms with Crippen molar-refractivity contribution >= 4 is 10.0 Å². The summed E-state index contributed by atoms with van der Waals surface area (Å²) in [5.41, 5.74) is 0. The molecule has 0 unspecified atom stereocenters. The van der Waals surface area contributed by atoms with E-state index in [1.54, 1.807) is 20.0 Å². The maximum atomic E-state index is 12.6. The fourth-order valence-electron chi connectivity index (χ4n) is 1.99. The van der Waals surface area contributed by atoms with Gasteiger partial charge in [-0.25, -0.2) is 8.42 Å². The minimum absolute atomic E-state index is 0.278. The van der Waals surface area contributed by atoms with Crippen LogP contribution >= 0.6 is 0 Å². The largest absolute Gasteiger partial charge is 0.464 e. The van der Waals surface area contributed by atoms with E-state index >= 15 is 0 Å². The van der Waals surface area contributed by atoms with Gasteiger partial charge in [0.2, 0.25) is 10.0 Å². The minimum Gasteiger partial charge on any atom is -0.464 e. The van der Waals surface area contributed by atoms with Gasteiger partial charge in [0.15, 0.2) is 0 Å². The van der Waals surface area contributed by atoms with Gasteiger partial charge in [0.05, 0.1) is 6.54 Å². The lowest BCUT2D eigenvalue weighted by atomic mass is 10.2. The zero-order valence-electron chi connectivity index (χ0n) is 12.4. The Labute approximate surface area is 116 Å². The Hall–Kier alpha value is -0.850. The van der Waals surface area contributed by atoms with Crippen LogP contribution in [0.5, 0.6) is 0 Å². The number of nitrogens with zero attached hydrogens (tertiary/aromatic N) is 1. The number of rotatable bonds is 7. The SMILES string of the molecule is CCN(CC(C)C)S(=O)(=O)c1cc(CNC)oc1C. The first-order valence-corrected chi connectivity index (χ1v) is 8.01. The first-order chi connectivity index (χ1) is 8.82. The molecule has 1 rings (SSSR count). The lowest BCUT2D eigenvalue weighted by Crippen LogP contribution is -2.34. The van der Waals surface area contributed by atoms with Gasteiger partial charge in [0.1, 0.15) is 16.4 Å². The number of hydrogen-bond donors (Lipinski definition) is 1. The molecule has 0 aliphatic carbocycles. The first kappa shape index (κ1) is 16.2. The molecule has 1 heterocycles. The lowest BCUT2D eigenvalue weighted by molar-refractivity contribution is 0.379. The fraction of sp³-hybridized carbons (Fsp3) is 0.692. The van der Waals surface area contributed by atoms with E-state index in [4.69, 9.17) is 4.42 Å². The van der Waals surface area contributed by atoms with Crippen molar-refractivity contribution in [3.8, 4) is 0 Å². The average Bonchev–Trinajstić information content (AvgIpc) is 2.68. The van der Waals surface area contributed by atoms with Gasteiger partial charge in [-0.05, 0) is 19.9 Å². The zero-order valence-corrected chi connectivity index (χ0v) is 13.2. The first-order valence-electron chi connectivity index (χ1n) is 6.57. The molecule has 0 atom stereocenters. The number of hydrogen-bond acceptors (Lipinski definition) is 4. The maximum absolute atomic E-state index is 12.6. The number of sulfonamides is 1. The molecule has 0 saturated heterocycles. The highest BCUT2D eigenvalue weighted by molar-refractivity contribution is 7.89. The summed E-state index contributed by atoms with van der Waals surface area (Å²) in [5, 5.41) is 2.95. The molecule has 1 N–H and O–H groups in total. The lowest BCUT2D eigenvalue weighted by Gasteiger charge is -2.21. The molecular formula is C13H24N2O3S. The quantitative estimate of drug-likeness (QED) is 0.833. The van der Waals surface area contributed by atoms with E-state index in [2.05, 4.69) is 5.32 Å². The Morgan fingerprint density at radius 2 is 2.05 bits per heavy atom. The fourth-order valence-corrected chi connectivity index (χ4v) is 3.78. The van der Waals surface area contributed by atoms with Crippen LogP contribution in [0.3, 0.4) is 0 Å². The Morgan fingerprint density at radius 3 is 2.53 bits per heavy atom. The van der Waals surface area contributed by atoms with Gasteiger partial charge in [-0.15, -0.1) is 0 Å². The van der Waals surface area contributed by atoms with E-state index < -0.39 is 10.0 Å². The van der Waals surface area contributed by atoms with Crippen molar-refractivity contribution < 1.29 is 12.8 Å². The van der Waals surface area contributed by atoms with Gasteiger partial charge in [-0.3, -0.25) is 0 Å². The van der Waals surface area contributed by atoms with E-state index in [9.17, 15) is 8.42 Å². The third-order valence-electron chi connectivity index (χ3n) is 2.81.